The van der Waals surface area contributed by atoms with Gasteiger partial charge in [-0.3, -0.25) is 0 Å². The zero-order valence-electron chi connectivity index (χ0n) is 21.7. The number of thioether (sulfide) groups is 2. The van der Waals surface area contributed by atoms with Gasteiger partial charge in [-0.25, -0.2) is 0 Å². The molecule has 0 spiro atoms. The van der Waals surface area contributed by atoms with Crippen LogP contribution in [0.5, 0.6) is 5.75 Å². The van der Waals surface area contributed by atoms with Gasteiger partial charge in [-0.1, -0.05) is 38.8 Å². The number of aliphatic hydroxyl groups is 3. The lowest BCUT2D eigenvalue weighted by Gasteiger charge is -2.27. The van der Waals surface area contributed by atoms with Gasteiger partial charge in [0.25, 0.3) is 0 Å². The first-order chi connectivity index (χ1) is 16.8. The van der Waals surface area contributed by atoms with Gasteiger partial charge in [-0.15, -0.1) is 29.4 Å². The van der Waals surface area contributed by atoms with Gasteiger partial charge in [-0.05, 0) is 67.2 Å². The second kappa shape index (κ2) is 16.8. The molecule has 1 fully saturated rings. The lowest BCUT2D eigenvalue weighted by molar-refractivity contribution is -0.0117. The third-order valence-corrected chi connectivity index (χ3v) is 9.66. The molecule has 5 nitrogen and oxygen atoms in total. The normalized spacial score (nSPS) is 19.6. The Morgan fingerprint density at radius 3 is 2.37 bits per heavy atom. The molecule has 198 valence electrons. The Morgan fingerprint density at radius 2 is 1.74 bits per heavy atom. The van der Waals surface area contributed by atoms with Crippen LogP contribution in [0.3, 0.4) is 0 Å². The minimum absolute atomic E-state index is 0.00899. The lowest BCUT2D eigenvalue weighted by Crippen LogP contribution is -2.31. The molecular formula is C28H44O5S2. The van der Waals surface area contributed by atoms with Crippen molar-refractivity contribution in [2.24, 2.45) is 11.8 Å². The number of ether oxygens (including phenoxy) is 2. The Hall–Kier alpha value is -0.880. The fourth-order valence-electron chi connectivity index (χ4n) is 3.89. The first-order valence-electron chi connectivity index (χ1n) is 12.8. The first-order valence-corrected chi connectivity index (χ1v) is 14.9. The predicted octanol–water partition coefficient (Wildman–Crippen LogP) is 5.11. The van der Waals surface area contributed by atoms with Crippen LogP contribution in [0.15, 0.2) is 24.3 Å². The summed E-state index contributed by atoms with van der Waals surface area (Å²) in [5.74, 6) is 8.91. The molecule has 7 heteroatoms. The van der Waals surface area contributed by atoms with Gasteiger partial charge >= 0.3 is 0 Å². The number of rotatable bonds is 14. The van der Waals surface area contributed by atoms with Crippen LogP contribution in [0.2, 0.25) is 0 Å². The monoisotopic (exact) mass is 524 g/mol. The first kappa shape index (κ1) is 30.3. The zero-order valence-corrected chi connectivity index (χ0v) is 23.3. The Balaban J connectivity index is 1.69. The van der Waals surface area contributed by atoms with Gasteiger partial charge in [0.1, 0.15) is 11.9 Å². The second-order valence-electron chi connectivity index (χ2n) is 9.46. The molecule has 0 aromatic heterocycles. The van der Waals surface area contributed by atoms with Crippen LogP contribution in [-0.4, -0.2) is 62.9 Å². The van der Waals surface area contributed by atoms with Crippen molar-refractivity contribution in [1.82, 2.24) is 0 Å². The quantitative estimate of drug-likeness (QED) is 0.292. The van der Waals surface area contributed by atoms with Crippen molar-refractivity contribution in [2.75, 3.05) is 18.6 Å². The topological polar surface area (TPSA) is 79.2 Å². The number of hydrogen-bond donors (Lipinski definition) is 3. The van der Waals surface area contributed by atoms with E-state index in [9.17, 15) is 15.3 Å². The third-order valence-electron chi connectivity index (χ3n) is 6.67. The van der Waals surface area contributed by atoms with Crippen molar-refractivity contribution in [1.29, 1.82) is 0 Å². The van der Waals surface area contributed by atoms with Gasteiger partial charge in [0.2, 0.25) is 0 Å². The summed E-state index contributed by atoms with van der Waals surface area (Å²) in [6.45, 7) is 6.48. The maximum absolute atomic E-state index is 10.7. The molecule has 6 atom stereocenters. The number of benzene rings is 1. The summed E-state index contributed by atoms with van der Waals surface area (Å²) in [5.41, 5.74) is 1.08. The van der Waals surface area contributed by atoms with E-state index in [1.54, 1.807) is 7.11 Å². The molecule has 2 rings (SSSR count). The third kappa shape index (κ3) is 11.4. The summed E-state index contributed by atoms with van der Waals surface area (Å²) in [6, 6.07) is 7.83. The summed E-state index contributed by atoms with van der Waals surface area (Å²) >= 11 is 3.81. The van der Waals surface area contributed by atoms with Crippen LogP contribution >= 0.6 is 23.5 Å². The van der Waals surface area contributed by atoms with Crippen LogP contribution in [0.1, 0.15) is 64.9 Å². The largest absolute Gasteiger partial charge is 0.497 e. The molecule has 0 unspecified atom stereocenters. The predicted molar refractivity (Wildman–Crippen MR) is 148 cm³/mol. The van der Waals surface area contributed by atoms with Crippen LogP contribution in [0, 0.1) is 23.7 Å². The molecule has 3 N–H and O–H groups in total. The number of aliphatic hydroxyl groups excluding tert-OH is 3. The maximum atomic E-state index is 10.7. The number of methoxy groups -OCH3 is 1. The van der Waals surface area contributed by atoms with Gasteiger partial charge in [-0.2, -0.15) is 0 Å². The van der Waals surface area contributed by atoms with Crippen molar-refractivity contribution < 1.29 is 24.8 Å². The molecular weight excluding hydrogens is 480 g/mol. The zero-order chi connectivity index (χ0) is 25.6. The summed E-state index contributed by atoms with van der Waals surface area (Å²) in [5, 5.41) is 31.6. The van der Waals surface area contributed by atoms with Crippen molar-refractivity contribution in [3.63, 3.8) is 0 Å². The van der Waals surface area contributed by atoms with Crippen molar-refractivity contribution in [3.8, 4) is 17.6 Å². The van der Waals surface area contributed by atoms with Crippen molar-refractivity contribution >= 4 is 23.5 Å². The Bertz CT molecular complexity index is 757. The summed E-state index contributed by atoms with van der Waals surface area (Å²) < 4.78 is 11.6. The average molecular weight is 525 g/mol. The van der Waals surface area contributed by atoms with E-state index in [1.165, 1.54) is 6.42 Å². The van der Waals surface area contributed by atoms with Crippen LogP contribution in [0.25, 0.3) is 0 Å². The van der Waals surface area contributed by atoms with E-state index < -0.39 is 18.3 Å². The van der Waals surface area contributed by atoms with E-state index in [2.05, 4.69) is 18.8 Å². The van der Waals surface area contributed by atoms with Gasteiger partial charge in [0.15, 0.2) is 0 Å². The molecule has 1 aromatic carbocycles. The number of hydrogen-bond acceptors (Lipinski definition) is 7. The van der Waals surface area contributed by atoms with Crippen molar-refractivity contribution in [2.45, 2.75) is 94.9 Å². The van der Waals surface area contributed by atoms with Crippen LogP contribution < -0.4 is 4.74 Å². The highest BCUT2D eigenvalue weighted by Crippen LogP contribution is 2.35. The molecule has 1 heterocycles. The molecule has 35 heavy (non-hydrogen) atoms. The average Bonchev–Trinajstić information content (AvgIpc) is 2.88. The van der Waals surface area contributed by atoms with E-state index in [0.717, 1.165) is 35.7 Å². The maximum Gasteiger partial charge on any atom is 0.119 e. The van der Waals surface area contributed by atoms with E-state index in [4.69, 9.17) is 9.47 Å². The molecule has 1 aliphatic heterocycles. The van der Waals surface area contributed by atoms with Gasteiger partial charge in [0.05, 0.1) is 36.6 Å². The molecule has 1 saturated heterocycles. The molecule has 0 saturated carbocycles. The van der Waals surface area contributed by atoms with E-state index >= 15 is 0 Å². The highest BCUT2D eigenvalue weighted by atomic mass is 32.2. The SMILES string of the molecule is CC[C@H](C[C@H](O)[C@@H](C)CCC#C[C@H](O)[C@H](C)[C@@H](O)CC1SCCCS1)OCc1ccc(OC)cc1. The fourth-order valence-corrected chi connectivity index (χ4v) is 6.84. The highest BCUT2D eigenvalue weighted by Gasteiger charge is 2.26. The smallest absolute Gasteiger partial charge is 0.119 e. The Morgan fingerprint density at radius 1 is 1.06 bits per heavy atom. The molecule has 0 amide bonds. The Kier molecular flexibility index (Phi) is 14.6. The summed E-state index contributed by atoms with van der Waals surface area (Å²) in [4.78, 5) is 0. The molecule has 1 aromatic rings. The minimum Gasteiger partial charge on any atom is -0.497 e. The van der Waals surface area contributed by atoms with Gasteiger partial charge < -0.3 is 24.8 Å². The summed E-state index contributed by atoms with van der Waals surface area (Å²) in [6.07, 6.45) is 2.85. The Labute approximate surface area is 220 Å². The van der Waals surface area contributed by atoms with Crippen molar-refractivity contribution in [3.05, 3.63) is 29.8 Å². The second-order valence-corrected chi connectivity index (χ2v) is 12.4. The molecule has 0 radical (unpaired) electrons. The van der Waals surface area contributed by atoms with Crippen LogP contribution in [-0.2, 0) is 11.3 Å². The van der Waals surface area contributed by atoms with E-state index in [-0.39, 0.29) is 17.9 Å². The molecule has 1 aliphatic rings. The fraction of sp³-hybridized carbons (Fsp3) is 0.714. The molecule has 0 aliphatic carbocycles. The van der Waals surface area contributed by atoms with E-state index in [0.29, 0.717) is 30.5 Å². The van der Waals surface area contributed by atoms with Gasteiger partial charge in [0, 0.05) is 12.3 Å². The lowest BCUT2D eigenvalue weighted by atomic mass is 9.93. The van der Waals surface area contributed by atoms with E-state index in [1.807, 2.05) is 61.6 Å². The van der Waals surface area contributed by atoms with Crippen LogP contribution in [0.4, 0.5) is 0 Å². The highest BCUT2D eigenvalue weighted by molar-refractivity contribution is 8.17. The summed E-state index contributed by atoms with van der Waals surface area (Å²) in [7, 11) is 1.65. The molecule has 0 bridgehead atoms. The minimum atomic E-state index is -0.834. The standard InChI is InChI=1S/C28H44O5S2/c1-5-23(33-19-22-11-13-24(32-4)14-12-22)17-26(30)20(2)9-6-7-10-25(29)21(3)27(31)18-28-34-15-8-16-35-28/h11-14,20-21,23,25-31H,5-6,8-9,15-19H2,1-4H3/t20-,21-,23+,25-,26-,27-/m0/s1.